The quantitative estimate of drug-likeness (QED) is 0.525. The van der Waals surface area contributed by atoms with E-state index in [0.29, 0.717) is 0 Å². The Morgan fingerprint density at radius 3 is 2.64 bits per heavy atom. The molecule has 0 fully saturated rings. The maximum absolute atomic E-state index is 9.21. The van der Waals surface area contributed by atoms with Crippen molar-refractivity contribution in [1.82, 2.24) is 5.32 Å². The minimum Gasteiger partial charge on any atom is -0.504 e. The normalized spacial score (nSPS) is 9.79. The molecule has 0 spiro atoms. The standard InChI is InChI=1S/C10H13NO2S/c1-7(14)11-5-4-8-2-3-9(12)10(13)6-8/h2-3,6,12-13H,4-5H2,1H3,(H,11,14). The van der Waals surface area contributed by atoms with Gasteiger partial charge in [-0.05, 0) is 31.0 Å². The SMILES string of the molecule is CC(=S)NCCc1ccc(O)c(O)c1. The predicted octanol–water partition coefficient (Wildman–Crippen LogP) is 1.58. The van der Waals surface area contributed by atoms with Gasteiger partial charge in [-0.25, -0.2) is 0 Å². The Hall–Kier alpha value is -1.29. The second kappa shape index (κ2) is 4.81. The van der Waals surface area contributed by atoms with E-state index in [4.69, 9.17) is 17.3 Å². The smallest absolute Gasteiger partial charge is 0.157 e. The van der Waals surface area contributed by atoms with Crippen LogP contribution in [0.1, 0.15) is 12.5 Å². The highest BCUT2D eigenvalue weighted by Gasteiger charge is 2.00. The summed E-state index contributed by atoms with van der Waals surface area (Å²) in [6.07, 6.45) is 0.766. The van der Waals surface area contributed by atoms with Crippen molar-refractivity contribution in [3.05, 3.63) is 23.8 Å². The minimum absolute atomic E-state index is 0.0819. The second-order valence-electron chi connectivity index (χ2n) is 3.06. The average Bonchev–Trinajstić information content (AvgIpc) is 2.10. The van der Waals surface area contributed by atoms with Gasteiger partial charge >= 0.3 is 0 Å². The van der Waals surface area contributed by atoms with Crippen LogP contribution in [0.4, 0.5) is 0 Å². The Balaban J connectivity index is 2.51. The van der Waals surface area contributed by atoms with E-state index < -0.39 is 0 Å². The fourth-order valence-electron chi connectivity index (χ4n) is 1.11. The van der Waals surface area contributed by atoms with Crippen molar-refractivity contribution in [3.63, 3.8) is 0 Å². The zero-order valence-corrected chi connectivity index (χ0v) is 8.77. The first-order valence-electron chi connectivity index (χ1n) is 4.35. The number of phenols is 2. The summed E-state index contributed by atoms with van der Waals surface area (Å²) in [6, 6.07) is 4.81. The summed E-state index contributed by atoms with van der Waals surface area (Å²) < 4.78 is 0. The highest BCUT2D eigenvalue weighted by Crippen LogP contribution is 2.24. The van der Waals surface area contributed by atoms with Crippen LogP contribution in [-0.4, -0.2) is 21.7 Å². The lowest BCUT2D eigenvalue weighted by Gasteiger charge is -2.05. The first-order chi connectivity index (χ1) is 6.59. The van der Waals surface area contributed by atoms with Crippen LogP contribution in [0.2, 0.25) is 0 Å². The van der Waals surface area contributed by atoms with Gasteiger partial charge in [0.05, 0.1) is 4.99 Å². The van der Waals surface area contributed by atoms with Gasteiger partial charge < -0.3 is 15.5 Å². The van der Waals surface area contributed by atoms with Crippen molar-refractivity contribution in [2.24, 2.45) is 0 Å². The molecule has 3 nitrogen and oxygen atoms in total. The van der Waals surface area contributed by atoms with Crippen molar-refractivity contribution in [1.29, 1.82) is 0 Å². The van der Waals surface area contributed by atoms with E-state index in [0.717, 1.165) is 23.5 Å². The fraction of sp³-hybridized carbons (Fsp3) is 0.300. The summed E-state index contributed by atoms with van der Waals surface area (Å²) in [5, 5.41) is 21.3. The fourth-order valence-corrected chi connectivity index (χ4v) is 1.21. The molecule has 0 heterocycles. The third-order valence-corrected chi connectivity index (χ3v) is 1.97. The lowest BCUT2D eigenvalue weighted by atomic mass is 10.1. The molecule has 4 heteroatoms. The molecule has 0 unspecified atom stereocenters. The summed E-state index contributed by atoms with van der Waals surface area (Å²) >= 11 is 4.86. The van der Waals surface area contributed by atoms with Crippen molar-refractivity contribution in [3.8, 4) is 11.5 Å². The topological polar surface area (TPSA) is 52.5 Å². The molecule has 0 aromatic heterocycles. The van der Waals surface area contributed by atoms with E-state index in [9.17, 15) is 5.11 Å². The van der Waals surface area contributed by atoms with Gasteiger partial charge in [0.1, 0.15) is 0 Å². The van der Waals surface area contributed by atoms with Crippen LogP contribution in [-0.2, 0) is 6.42 Å². The molecule has 0 aliphatic carbocycles. The Morgan fingerprint density at radius 2 is 2.07 bits per heavy atom. The minimum atomic E-state index is -0.0901. The molecule has 0 atom stereocenters. The first-order valence-corrected chi connectivity index (χ1v) is 4.75. The van der Waals surface area contributed by atoms with E-state index in [1.807, 2.05) is 6.92 Å². The van der Waals surface area contributed by atoms with E-state index in [1.165, 1.54) is 6.07 Å². The van der Waals surface area contributed by atoms with Crippen LogP contribution in [0.25, 0.3) is 0 Å². The van der Waals surface area contributed by atoms with Crippen LogP contribution < -0.4 is 5.32 Å². The van der Waals surface area contributed by atoms with Gasteiger partial charge in [-0.15, -0.1) is 0 Å². The van der Waals surface area contributed by atoms with E-state index in [-0.39, 0.29) is 11.5 Å². The van der Waals surface area contributed by atoms with Gasteiger partial charge in [0, 0.05) is 6.54 Å². The Morgan fingerprint density at radius 1 is 1.36 bits per heavy atom. The number of phenolic OH excluding ortho intramolecular Hbond substituents is 2. The zero-order chi connectivity index (χ0) is 10.6. The van der Waals surface area contributed by atoms with Crippen LogP contribution in [0, 0.1) is 0 Å². The molecular formula is C10H13NO2S. The van der Waals surface area contributed by atoms with E-state index in [1.54, 1.807) is 12.1 Å². The van der Waals surface area contributed by atoms with Gasteiger partial charge in [-0.1, -0.05) is 18.3 Å². The van der Waals surface area contributed by atoms with Gasteiger partial charge in [0.15, 0.2) is 11.5 Å². The molecule has 1 aromatic carbocycles. The molecule has 0 bridgehead atoms. The molecule has 0 aliphatic rings. The number of aromatic hydroxyl groups is 2. The highest BCUT2D eigenvalue weighted by molar-refractivity contribution is 7.80. The molecule has 0 amide bonds. The number of hydrogen-bond acceptors (Lipinski definition) is 3. The van der Waals surface area contributed by atoms with Crippen LogP contribution >= 0.6 is 12.2 Å². The van der Waals surface area contributed by atoms with E-state index in [2.05, 4.69) is 5.32 Å². The maximum Gasteiger partial charge on any atom is 0.157 e. The Bertz CT molecular complexity index is 339. The largest absolute Gasteiger partial charge is 0.504 e. The van der Waals surface area contributed by atoms with Crippen molar-refractivity contribution in [2.45, 2.75) is 13.3 Å². The number of thiocarbonyl (C=S) groups is 1. The summed E-state index contributed by atoms with van der Waals surface area (Å²) in [5.41, 5.74) is 0.962. The molecule has 14 heavy (non-hydrogen) atoms. The van der Waals surface area contributed by atoms with Gasteiger partial charge in [-0.3, -0.25) is 0 Å². The van der Waals surface area contributed by atoms with Crippen molar-refractivity contribution in [2.75, 3.05) is 6.54 Å². The maximum atomic E-state index is 9.21. The number of hydrogen-bond donors (Lipinski definition) is 3. The summed E-state index contributed by atoms with van der Waals surface area (Å²) in [6.45, 7) is 2.56. The number of nitrogens with one attached hydrogen (secondary N) is 1. The molecule has 1 aromatic rings. The Kier molecular flexibility index (Phi) is 3.71. The zero-order valence-electron chi connectivity index (χ0n) is 7.95. The van der Waals surface area contributed by atoms with E-state index >= 15 is 0 Å². The van der Waals surface area contributed by atoms with Crippen LogP contribution in [0.5, 0.6) is 11.5 Å². The average molecular weight is 211 g/mol. The molecule has 0 aliphatic heterocycles. The number of rotatable bonds is 3. The Labute approximate surface area is 88.4 Å². The molecule has 1 rings (SSSR count). The third kappa shape index (κ3) is 3.22. The lowest BCUT2D eigenvalue weighted by molar-refractivity contribution is 0.403. The molecule has 76 valence electrons. The first kappa shape index (κ1) is 10.8. The number of benzene rings is 1. The van der Waals surface area contributed by atoms with Gasteiger partial charge in [0.2, 0.25) is 0 Å². The monoisotopic (exact) mass is 211 g/mol. The molecule has 0 radical (unpaired) electrons. The van der Waals surface area contributed by atoms with Crippen molar-refractivity contribution < 1.29 is 10.2 Å². The molecule has 0 saturated heterocycles. The summed E-state index contributed by atoms with van der Waals surface area (Å²) in [5.74, 6) is -0.172. The van der Waals surface area contributed by atoms with Gasteiger partial charge in [-0.2, -0.15) is 0 Å². The van der Waals surface area contributed by atoms with Crippen molar-refractivity contribution >= 4 is 17.2 Å². The predicted molar refractivity (Wildman–Crippen MR) is 59.8 cm³/mol. The lowest BCUT2D eigenvalue weighted by Crippen LogP contribution is -2.20. The summed E-state index contributed by atoms with van der Waals surface area (Å²) in [7, 11) is 0. The highest BCUT2D eigenvalue weighted by atomic mass is 32.1. The van der Waals surface area contributed by atoms with Gasteiger partial charge in [0.25, 0.3) is 0 Å². The molecule has 3 N–H and O–H groups in total. The summed E-state index contributed by atoms with van der Waals surface area (Å²) in [4.78, 5) is 0.757. The van der Waals surface area contributed by atoms with Crippen LogP contribution in [0.3, 0.4) is 0 Å². The molecular weight excluding hydrogens is 198 g/mol. The third-order valence-electron chi connectivity index (χ3n) is 1.83. The molecule has 0 saturated carbocycles. The second-order valence-corrected chi connectivity index (χ2v) is 3.67. The van der Waals surface area contributed by atoms with Crippen LogP contribution in [0.15, 0.2) is 18.2 Å².